The van der Waals surface area contributed by atoms with E-state index in [0.717, 1.165) is 18.7 Å². The lowest BCUT2D eigenvalue weighted by Crippen LogP contribution is -2.19. The molecule has 3 heteroatoms. The standard InChI is InChI=1S/C13H20ClNO/c1-11(2)16-13-6-4-12(5-7-13)8-9-15(3)10-14/h4-7,11H,8-10H2,1-3H3. The third kappa shape index (κ3) is 4.86. The van der Waals surface area contributed by atoms with E-state index >= 15 is 0 Å². The van der Waals surface area contributed by atoms with E-state index in [4.69, 9.17) is 16.3 Å². The Kier molecular flexibility index (Phi) is 5.64. The molecule has 90 valence electrons. The summed E-state index contributed by atoms with van der Waals surface area (Å²) < 4.78 is 5.58. The van der Waals surface area contributed by atoms with Crippen molar-refractivity contribution < 1.29 is 4.74 Å². The highest BCUT2D eigenvalue weighted by molar-refractivity contribution is 6.17. The maximum absolute atomic E-state index is 5.71. The Hall–Kier alpha value is -0.730. The molecule has 0 aliphatic rings. The topological polar surface area (TPSA) is 12.5 Å². The van der Waals surface area contributed by atoms with Crippen molar-refractivity contribution in [3.8, 4) is 5.75 Å². The predicted molar refractivity (Wildman–Crippen MR) is 69.3 cm³/mol. The van der Waals surface area contributed by atoms with Crippen LogP contribution in [0.4, 0.5) is 0 Å². The Labute approximate surface area is 103 Å². The number of likely N-dealkylation sites (N-methyl/N-ethyl adjacent to an activating group) is 1. The van der Waals surface area contributed by atoms with E-state index in [1.165, 1.54) is 5.56 Å². The van der Waals surface area contributed by atoms with Crippen molar-refractivity contribution in [2.45, 2.75) is 26.4 Å². The molecule has 0 bridgehead atoms. The van der Waals surface area contributed by atoms with Gasteiger partial charge in [0.15, 0.2) is 0 Å². The number of alkyl halides is 1. The fourth-order valence-electron chi connectivity index (χ4n) is 1.39. The van der Waals surface area contributed by atoms with Gasteiger partial charge in [-0.2, -0.15) is 0 Å². The third-order valence-electron chi connectivity index (χ3n) is 2.28. The molecule has 0 fully saturated rings. The van der Waals surface area contributed by atoms with Crippen molar-refractivity contribution in [2.75, 3.05) is 19.6 Å². The molecule has 0 spiro atoms. The van der Waals surface area contributed by atoms with Gasteiger partial charge in [-0.3, -0.25) is 4.90 Å². The first-order valence-electron chi connectivity index (χ1n) is 5.62. The predicted octanol–water partition coefficient (Wildman–Crippen LogP) is 3.14. The summed E-state index contributed by atoms with van der Waals surface area (Å²) in [5.41, 5.74) is 1.31. The molecular formula is C13H20ClNO. The van der Waals surface area contributed by atoms with E-state index in [1.54, 1.807) is 0 Å². The lowest BCUT2D eigenvalue weighted by molar-refractivity contribution is 0.242. The van der Waals surface area contributed by atoms with Crippen LogP contribution in [0, 0.1) is 0 Å². The fraction of sp³-hybridized carbons (Fsp3) is 0.538. The molecule has 0 aliphatic carbocycles. The van der Waals surface area contributed by atoms with Crippen LogP contribution in [-0.2, 0) is 6.42 Å². The zero-order valence-electron chi connectivity index (χ0n) is 10.2. The molecule has 0 radical (unpaired) electrons. The molecule has 1 aromatic carbocycles. The summed E-state index contributed by atoms with van der Waals surface area (Å²) in [6.45, 7) is 5.04. The number of hydrogen-bond donors (Lipinski definition) is 0. The van der Waals surface area contributed by atoms with Crippen LogP contribution >= 0.6 is 11.6 Å². The molecule has 0 aliphatic heterocycles. The SMILES string of the molecule is CC(C)Oc1ccc(CCN(C)CCl)cc1. The van der Waals surface area contributed by atoms with Gasteiger partial charge in [0.05, 0.1) is 12.1 Å². The Morgan fingerprint density at radius 3 is 2.38 bits per heavy atom. The van der Waals surface area contributed by atoms with Crippen molar-refractivity contribution in [3.05, 3.63) is 29.8 Å². The smallest absolute Gasteiger partial charge is 0.119 e. The van der Waals surface area contributed by atoms with Crippen LogP contribution in [0.3, 0.4) is 0 Å². The highest BCUT2D eigenvalue weighted by Crippen LogP contribution is 2.14. The fourth-order valence-corrected chi connectivity index (χ4v) is 1.51. The minimum absolute atomic E-state index is 0.230. The van der Waals surface area contributed by atoms with Gasteiger partial charge in [-0.25, -0.2) is 0 Å². The van der Waals surface area contributed by atoms with Gasteiger partial charge in [0.25, 0.3) is 0 Å². The molecule has 0 saturated carbocycles. The van der Waals surface area contributed by atoms with Gasteiger partial charge in [0.1, 0.15) is 5.75 Å². The van der Waals surface area contributed by atoms with Gasteiger partial charge in [-0.1, -0.05) is 12.1 Å². The zero-order chi connectivity index (χ0) is 12.0. The van der Waals surface area contributed by atoms with Gasteiger partial charge in [-0.15, -0.1) is 11.6 Å². The second-order valence-corrected chi connectivity index (χ2v) is 4.50. The summed E-state index contributed by atoms with van der Waals surface area (Å²) in [6.07, 6.45) is 1.25. The van der Waals surface area contributed by atoms with Crippen LogP contribution < -0.4 is 4.74 Å². The molecule has 0 atom stereocenters. The number of benzene rings is 1. The highest BCUT2D eigenvalue weighted by Gasteiger charge is 2.00. The van der Waals surface area contributed by atoms with Crippen molar-refractivity contribution in [1.82, 2.24) is 4.90 Å². The van der Waals surface area contributed by atoms with Crippen LogP contribution in [0.2, 0.25) is 0 Å². The number of hydrogen-bond acceptors (Lipinski definition) is 2. The average Bonchev–Trinajstić information content (AvgIpc) is 2.27. The second-order valence-electron chi connectivity index (χ2n) is 4.26. The second kappa shape index (κ2) is 6.77. The first-order valence-corrected chi connectivity index (χ1v) is 6.15. The molecule has 0 aromatic heterocycles. The van der Waals surface area contributed by atoms with Crippen LogP contribution in [0.1, 0.15) is 19.4 Å². The molecule has 16 heavy (non-hydrogen) atoms. The highest BCUT2D eigenvalue weighted by atomic mass is 35.5. The summed E-state index contributed by atoms with van der Waals surface area (Å²) in [4.78, 5) is 2.08. The molecule has 1 aromatic rings. The Balaban J connectivity index is 2.45. The van der Waals surface area contributed by atoms with Crippen LogP contribution in [0.25, 0.3) is 0 Å². The summed E-state index contributed by atoms with van der Waals surface area (Å²) >= 11 is 5.71. The summed E-state index contributed by atoms with van der Waals surface area (Å²) in [5.74, 6) is 0.935. The number of halogens is 1. The maximum atomic E-state index is 5.71. The Bertz CT molecular complexity index is 297. The van der Waals surface area contributed by atoms with Gasteiger partial charge >= 0.3 is 0 Å². The maximum Gasteiger partial charge on any atom is 0.119 e. The number of ether oxygens (including phenoxy) is 1. The van der Waals surface area contributed by atoms with Gasteiger partial charge in [0.2, 0.25) is 0 Å². The van der Waals surface area contributed by atoms with E-state index in [1.807, 2.05) is 33.0 Å². The first kappa shape index (κ1) is 13.3. The van der Waals surface area contributed by atoms with E-state index < -0.39 is 0 Å². The molecule has 2 nitrogen and oxygen atoms in total. The largest absolute Gasteiger partial charge is 0.491 e. The van der Waals surface area contributed by atoms with Crippen molar-refractivity contribution >= 4 is 11.6 Å². The van der Waals surface area contributed by atoms with Crippen molar-refractivity contribution in [1.29, 1.82) is 0 Å². The summed E-state index contributed by atoms with van der Waals surface area (Å²) in [5, 5.41) is 0. The zero-order valence-corrected chi connectivity index (χ0v) is 11.0. The molecule has 0 N–H and O–H groups in total. The van der Waals surface area contributed by atoms with E-state index in [2.05, 4.69) is 17.0 Å². The monoisotopic (exact) mass is 241 g/mol. The van der Waals surface area contributed by atoms with E-state index in [0.29, 0.717) is 6.00 Å². The Morgan fingerprint density at radius 1 is 1.25 bits per heavy atom. The molecule has 0 unspecified atom stereocenters. The van der Waals surface area contributed by atoms with Gasteiger partial charge in [-0.05, 0) is 45.0 Å². The molecule has 0 amide bonds. The van der Waals surface area contributed by atoms with E-state index in [9.17, 15) is 0 Å². The normalized spacial score (nSPS) is 11.1. The molecule has 1 rings (SSSR count). The van der Waals surface area contributed by atoms with E-state index in [-0.39, 0.29) is 6.10 Å². The van der Waals surface area contributed by atoms with Crippen LogP contribution in [-0.4, -0.2) is 30.6 Å². The lowest BCUT2D eigenvalue weighted by Gasteiger charge is -2.13. The van der Waals surface area contributed by atoms with Crippen molar-refractivity contribution in [3.63, 3.8) is 0 Å². The van der Waals surface area contributed by atoms with Crippen LogP contribution in [0.15, 0.2) is 24.3 Å². The Morgan fingerprint density at radius 2 is 1.88 bits per heavy atom. The molecule has 0 heterocycles. The first-order chi connectivity index (χ1) is 7.61. The summed E-state index contributed by atoms with van der Waals surface area (Å²) in [7, 11) is 2.02. The average molecular weight is 242 g/mol. The summed E-state index contributed by atoms with van der Waals surface area (Å²) in [6, 6.07) is 8.85. The third-order valence-corrected chi connectivity index (χ3v) is 2.69. The number of nitrogens with zero attached hydrogens (tertiary/aromatic N) is 1. The minimum Gasteiger partial charge on any atom is -0.491 e. The molecule has 0 saturated heterocycles. The van der Waals surface area contributed by atoms with Gasteiger partial charge < -0.3 is 4.74 Å². The van der Waals surface area contributed by atoms with Crippen molar-refractivity contribution in [2.24, 2.45) is 0 Å². The quantitative estimate of drug-likeness (QED) is 0.561. The molecular weight excluding hydrogens is 222 g/mol. The number of rotatable bonds is 6. The van der Waals surface area contributed by atoms with Gasteiger partial charge in [0, 0.05) is 6.54 Å². The minimum atomic E-state index is 0.230. The van der Waals surface area contributed by atoms with Crippen LogP contribution in [0.5, 0.6) is 5.75 Å². The lowest BCUT2D eigenvalue weighted by atomic mass is 10.1.